The normalized spacial score (nSPS) is 12.2. The standard InChI is InChI=1S/C56H78S6.C52H46S10/c1-13-17-21-25-39-29-45(57-51(39)35(5)6)47-33-43(55(59-47)49-31-41(27-23-19-15-3)53(61-49)37(9)10)44-34-48(46-30-40(26-22-18-14-2)52(58-46)36(7)8)60-56(44)50-32-42(28-24-20-16-4)54(62-50)38(11)12;1-27(2)33-9-13-37(53-33)41-17-19-45(57-41)49-25-31(51(61-49)47-23-21-43(59-47)39-15-11-35(55-39)29(5)6)32-26-50(46-20-18-42(58-46)38-14-10-34(54-38)28(3)4)62-52(32)48-24-22-44(60-48)40-16-12-36(56-40)30(7)8/h29-38H,13-28H2,1-12H3;9-30H,1-8H3. The maximum atomic E-state index is 2.63. The molecule has 0 fully saturated rings. The maximum absolute atomic E-state index is 2.63. The molecule has 0 aliphatic carbocycles. The van der Waals surface area contributed by atoms with Crippen molar-refractivity contribution in [2.75, 3.05) is 0 Å². The lowest BCUT2D eigenvalue weighted by Gasteiger charge is -2.06. The Labute approximate surface area is 807 Å². The predicted octanol–water partition coefficient (Wildman–Crippen LogP) is 43.6. The van der Waals surface area contributed by atoms with Crippen LogP contribution in [0.25, 0.3) is 139 Å². The van der Waals surface area contributed by atoms with Crippen molar-refractivity contribution in [2.45, 2.75) is 289 Å². The molecule has 0 unspecified atom stereocenters. The summed E-state index contributed by atoms with van der Waals surface area (Å²) in [4.78, 5) is 45.4. The molecule has 652 valence electrons. The van der Waals surface area contributed by atoms with E-state index in [2.05, 4.69) is 352 Å². The van der Waals surface area contributed by atoms with E-state index in [1.165, 1.54) is 262 Å². The number of hydrogen-bond donors (Lipinski definition) is 0. The molecule has 0 nitrogen and oxygen atoms in total. The molecule has 0 atom stereocenters. The van der Waals surface area contributed by atoms with Crippen LogP contribution in [0.4, 0.5) is 0 Å². The van der Waals surface area contributed by atoms with Crippen LogP contribution in [0.1, 0.15) is 324 Å². The van der Waals surface area contributed by atoms with E-state index in [1.807, 2.05) is 113 Å². The summed E-state index contributed by atoms with van der Waals surface area (Å²) in [5, 5.41) is 0. The Balaban J connectivity index is 0.000000192. The molecule has 16 rings (SSSR count). The van der Waals surface area contributed by atoms with Crippen LogP contribution in [0.15, 0.2) is 146 Å². The van der Waals surface area contributed by atoms with Crippen LogP contribution in [-0.2, 0) is 25.7 Å². The van der Waals surface area contributed by atoms with E-state index in [-0.39, 0.29) is 0 Å². The molecule has 0 amide bonds. The number of unbranched alkanes of at least 4 members (excludes halogenated alkanes) is 8. The van der Waals surface area contributed by atoms with Crippen molar-refractivity contribution in [1.29, 1.82) is 0 Å². The average Bonchev–Trinajstić information content (AvgIpc) is 1.60. The third kappa shape index (κ3) is 21.5. The van der Waals surface area contributed by atoms with Gasteiger partial charge >= 0.3 is 0 Å². The topological polar surface area (TPSA) is 0 Å². The van der Waals surface area contributed by atoms with Gasteiger partial charge in [0.05, 0.1) is 19.5 Å². The number of hydrogen-bond acceptors (Lipinski definition) is 16. The molecule has 16 heteroatoms. The van der Waals surface area contributed by atoms with Crippen LogP contribution < -0.4 is 0 Å². The molecule has 0 saturated carbocycles. The van der Waals surface area contributed by atoms with E-state index < -0.39 is 0 Å². The van der Waals surface area contributed by atoms with E-state index in [0.29, 0.717) is 47.3 Å². The lowest BCUT2D eigenvalue weighted by Crippen LogP contribution is -1.90. The van der Waals surface area contributed by atoms with E-state index >= 15 is 0 Å². The summed E-state index contributed by atoms with van der Waals surface area (Å²) < 4.78 is 0. The van der Waals surface area contributed by atoms with Gasteiger partial charge in [0.15, 0.2) is 0 Å². The second-order valence-corrected chi connectivity index (χ2v) is 53.3. The lowest BCUT2D eigenvalue weighted by atomic mass is 10.00. The van der Waals surface area contributed by atoms with E-state index in [0.717, 1.165) is 0 Å². The summed E-state index contributed by atoms with van der Waals surface area (Å²) in [5.41, 5.74) is 11.9. The first-order valence-electron chi connectivity index (χ1n) is 45.7. The summed E-state index contributed by atoms with van der Waals surface area (Å²) in [5.74, 6) is 4.29. The minimum absolute atomic E-state index is 0.528. The Morgan fingerprint density at radius 2 is 0.355 bits per heavy atom. The highest BCUT2D eigenvalue weighted by Crippen LogP contribution is 2.59. The van der Waals surface area contributed by atoms with Gasteiger partial charge in [-0.25, -0.2) is 0 Å². The largest absolute Gasteiger partial charge is 0.139 e. The molecule has 0 aliphatic rings. The molecule has 0 saturated heterocycles. The molecule has 0 radical (unpaired) electrons. The molecule has 0 spiro atoms. The van der Waals surface area contributed by atoms with Crippen molar-refractivity contribution in [2.24, 2.45) is 0 Å². The summed E-state index contributed by atoms with van der Waals surface area (Å²) in [6.45, 7) is 46.9. The van der Waals surface area contributed by atoms with E-state index in [1.54, 1.807) is 41.8 Å². The van der Waals surface area contributed by atoms with Gasteiger partial charge in [0.2, 0.25) is 0 Å². The molecular weight excluding hydrogens is 1810 g/mol. The summed E-state index contributed by atoms with van der Waals surface area (Å²) in [6.07, 6.45) is 20.2. The van der Waals surface area contributed by atoms with Gasteiger partial charge < -0.3 is 0 Å². The van der Waals surface area contributed by atoms with Gasteiger partial charge in [0.1, 0.15) is 0 Å². The minimum atomic E-state index is 0.528. The van der Waals surface area contributed by atoms with Crippen molar-refractivity contribution >= 4 is 181 Å². The second-order valence-electron chi connectivity index (χ2n) is 35.9. The highest BCUT2D eigenvalue weighted by atomic mass is 32.2. The van der Waals surface area contributed by atoms with Gasteiger partial charge in [0.25, 0.3) is 0 Å². The fraction of sp³-hybridized carbons (Fsp3) is 0.407. The van der Waals surface area contributed by atoms with Crippen LogP contribution in [-0.4, -0.2) is 0 Å². The van der Waals surface area contributed by atoms with Crippen molar-refractivity contribution in [1.82, 2.24) is 0 Å². The molecule has 16 aromatic heterocycles. The zero-order chi connectivity index (χ0) is 87.3. The van der Waals surface area contributed by atoms with Gasteiger partial charge in [-0.2, -0.15) is 0 Å². The fourth-order valence-corrected chi connectivity index (χ4v) is 35.2. The van der Waals surface area contributed by atoms with Gasteiger partial charge in [-0.3, -0.25) is 0 Å². The number of rotatable bonds is 38. The Kier molecular flexibility index (Phi) is 32.3. The number of thiophene rings is 16. The van der Waals surface area contributed by atoms with Crippen LogP contribution >= 0.6 is 181 Å². The fourth-order valence-electron chi connectivity index (χ4n) is 16.4. The van der Waals surface area contributed by atoms with Gasteiger partial charge in [-0.1, -0.05) is 190 Å². The van der Waals surface area contributed by atoms with Gasteiger partial charge in [-0.05, 0) is 267 Å². The van der Waals surface area contributed by atoms with E-state index in [4.69, 9.17) is 0 Å². The first-order chi connectivity index (χ1) is 59.8. The molecule has 0 aromatic carbocycles. The molecule has 0 bridgehead atoms. The van der Waals surface area contributed by atoms with Crippen molar-refractivity contribution < 1.29 is 0 Å². The minimum Gasteiger partial charge on any atom is -0.139 e. The smallest absolute Gasteiger partial charge is 0.0528 e. The molecule has 0 N–H and O–H groups in total. The molecular formula is C108H124S16. The van der Waals surface area contributed by atoms with Crippen LogP contribution in [0.3, 0.4) is 0 Å². The summed E-state index contributed by atoms with van der Waals surface area (Å²) >= 11 is 31.9. The Bertz CT molecular complexity index is 5760. The summed E-state index contributed by atoms with van der Waals surface area (Å²) in [6, 6.07) is 58.1. The SMILES string of the molecule is CC(C)c1ccc(-c2ccc(-c3cc(-c4cc(-c5ccc(-c6ccc(C(C)C)s6)s5)sc4-c4ccc(-c5ccc(C(C)C)s5)s4)c(-c4ccc(-c5ccc(C(C)C)s5)s4)s3)s2)s1.CCCCCc1cc(-c2cc(-c3cc(-c4cc(CCCCC)c(C(C)C)s4)sc3-c3cc(CCCCC)c(C(C)C)s3)c(-c3cc(CCCCC)c(C(C)C)s3)s2)sc1C(C)C. The summed E-state index contributed by atoms with van der Waals surface area (Å²) in [7, 11) is 0. The third-order valence-electron chi connectivity index (χ3n) is 23.2. The average molecular weight is 1940 g/mol. The Morgan fingerprint density at radius 1 is 0.169 bits per heavy atom. The Hall–Kier alpha value is -4.80. The monoisotopic (exact) mass is 1930 g/mol. The predicted molar refractivity (Wildman–Crippen MR) is 581 cm³/mol. The number of aryl methyl sites for hydroxylation is 4. The first-order valence-corrected chi connectivity index (χ1v) is 58.8. The maximum Gasteiger partial charge on any atom is 0.0528 e. The van der Waals surface area contributed by atoms with Crippen molar-refractivity contribution in [3.63, 3.8) is 0 Å². The van der Waals surface area contributed by atoms with E-state index in [9.17, 15) is 0 Å². The van der Waals surface area contributed by atoms with Gasteiger partial charge in [0, 0.05) is 159 Å². The van der Waals surface area contributed by atoms with Crippen LogP contribution in [0, 0.1) is 0 Å². The molecule has 124 heavy (non-hydrogen) atoms. The van der Waals surface area contributed by atoms with Crippen LogP contribution in [0.2, 0.25) is 0 Å². The second kappa shape index (κ2) is 42.6. The highest BCUT2D eigenvalue weighted by molar-refractivity contribution is 7.33. The van der Waals surface area contributed by atoms with Crippen LogP contribution in [0.5, 0.6) is 0 Å². The quantitative estimate of drug-likeness (QED) is 0.0338. The zero-order valence-electron chi connectivity index (χ0n) is 76.3. The third-order valence-corrected chi connectivity index (χ3v) is 45.8. The van der Waals surface area contributed by atoms with Crippen molar-refractivity contribution in [3.8, 4) is 139 Å². The Morgan fingerprint density at radius 3 is 0.589 bits per heavy atom. The molecule has 16 heterocycles. The van der Waals surface area contributed by atoms with Crippen molar-refractivity contribution in [3.05, 3.63) is 207 Å². The first kappa shape index (κ1) is 93.9. The highest BCUT2D eigenvalue weighted by Gasteiger charge is 2.30. The van der Waals surface area contributed by atoms with Gasteiger partial charge in [-0.15, -0.1) is 181 Å². The molecule has 16 aromatic rings. The zero-order valence-corrected chi connectivity index (χ0v) is 89.4. The lowest BCUT2D eigenvalue weighted by molar-refractivity contribution is 0.711. The molecule has 0 aliphatic heterocycles.